The van der Waals surface area contributed by atoms with Crippen LogP contribution >= 0.6 is 27.5 Å². The number of benzene rings is 1. The Morgan fingerprint density at radius 1 is 1.09 bits per heavy atom. The maximum absolute atomic E-state index is 12.8. The molecule has 1 aromatic carbocycles. The number of aromatic amines is 1. The number of nitrogens with zero attached hydrogens (tertiary/aromatic N) is 3. The van der Waals surface area contributed by atoms with Crippen molar-refractivity contribution in [3.8, 4) is 0 Å². The predicted molar refractivity (Wildman–Crippen MR) is 131 cm³/mol. The first kappa shape index (κ1) is 23.9. The number of anilines is 1. The van der Waals surface area contributed by atoms with E-state index in [1.54, 1.807) is 36.7 Å². The van der Waals surface area contributed by atoms with E-state index < -0.39 is 5.91 Å². The molecule has 0 radical (unpaired) electrons. The monoisotopic (exact) mass is 544 g/mol. The summed E-state index contributed by atoms with van der Waals surface area (Å²) in [6.45, 7) is 1.14. The lowest BCUT2D eigenvalue weighted by Gasteiger charge is -2.32. The standard InChI is InChI=1S/C23H22BrClN6O3/c24-19-20(29-30-21(19)28-22(33)16-3-1-2-4-17(16)25)23(34)27-15-7-11-31(12-8-15)18(32)13-14-5-9-26-10-6-14/h1-6,9-10,15H,7-8,11-13H2,(H,27,34)(H2,28,29,30,33). The van der Waals surface area contributed by atoms with E-state index in [9.17, 15) is 14.4 Å². The number of H-pyrrole nitrogens is 1. The fourth-order valence-corrected chi connectivity index (χ4v) is 4.38. The molecular formula is C23H22BrClN6O3. The number of pyridine rings is 1. The first-order chi connectivity index (χ1) is 16.4. The van der Waals surface area contributed by atoms with Crippen molar-refractivity contribution in [1.29, 1.82) is 0 Å². The number of hydrogen-bond donors (Lipinski definition) is 3. The molecule has 0 atom stereocenters. The summed E-state index contributed by atoms with van der Waals surface area (Å²) in [5, 5.41) is 12.6. The van der Waals surface area contributed by atoms with E-state index in [0.29, 0.717) is 47.4 Å². The van der Waals surface area contributed by atoms with Crippen molar-refractivity contribution in [1.82, 2.24) is 25.4 Å². The Hall–Kier alpha value is -3.24. The van der Waals surface area contributed by atoms with Crippen molar-refractivity contribution >= 4 is 51.1 Å². The van der Waals surface area contributed by atoms with Crippen LogP contribution in [-0.2, 0) is 11.2 Å². The molecule has 1 aliphatic heterocycles. The molecular weight excluding hydrogens is 524 g/mol. The summed E-state index contributed by atoms with van der Waals surface area (Å²) in [4.78, 5) is 43.6. The van der Waals surface area contributed by atoms with Crippen LogP contribution in [0.3, 0.4) is 0 Å². The van der Waals surface area contributed by atoms with Gasteiger partial charge in [-0.2, -0.15) is 5.10 Å². The molecule has 3 aromatic rings. The quantitative estimate of drug-likeness (QED) is 0.438. The normalized spacial score (nSPS) is 14.0. The van der Waals surface area contributed by atoms with Crippen LogP contribution < -0.4 is 10.6 Å². The van der Waals surface area contributed by atoms with Crippen LogP contribution in [0.2, 0.25) is 5.02 Å². The Kier molecular flexibility index (Phi) is 7.59. The van der Waals surface area contributed by atoms with Crippen molar-refractivity contribution < 1.29 is 14.4 Å². The Bertz CT molecular complexity index is 1190. The van der Waals surface area contributed by atoms with E-state index in [0.717, 1.165) is 5.56 Å². The molecule has 1 fully saturated rings. The van der Waals surface area contributed by atoms with Gasteiger partial charge in [-0.05, 0) is 58.6 Å². The number of carbonyl (C=O) groups is 3. The van der Waals surface area contributed by atoms with Crippen molar-refractivity contribution in [2.75, 3.05) is 18.4 Å². The van der Waals surface area contributed by atoms with Gasteiger partial charge in [0, 0.05) is 31.5 Å². The maximum atomic E-state index is 12.8. The van der Waals surface area contributed by atoms with Crippen LogP contribution in [0.25, 0.3) is 0 Å². The first-order valence-electron chi connectivity index (χ1n) is 10.7. The van der Waals surface area contributed by atoms with Gasteiger partial charge in [0.25, 0.3) is 11.8 Å². The van der Waals surface area contributed by atoms with Crippen LogP contribution in [0.5, 0.6) is 0 Å². The highest BCUT2D eigenvalue weighted by Crippen LogP contribution is 2.26. The maximum Gasteiger partial charge on any atom is 0.270 e. The third-order valence-electron chi connectivity index (χ3n) is 5.57. The van der Waals surface area contributed by atoms with Crippen molar-refractivity contribution in [2.45, 2.75) is 25.3 Å². The number of nitrogens with one attached hydrogen (secondary N) is 3. The van der Waals surface area contributed by atoms with Crippen molar-refractivity contribution in [2.24, 2.45) is 0 Å². The minimum absolute atomic E-state index is 0.0613. The number of rotatable bonds is 6. The second-order valence-corrected chi connectivity index (χ2v) is 9.06. The van der Waals surface area contributed by atoms with Gasteiger partial charge in [-0.1, -0.05) is 23.7 Å². The van der Waals surface area contributed by atoms with E-state index in [1.165, 1.54) is 0 Å². The van der Waals surface area contributed by atoms with E-state index >= 15 is 0 Å². The molecule has 0 spiro atoms. The molecule has 176 valence electrons. The lowest BCUT2D eigenvalue weighted by Crippen LogP contribution is -2.47. The number of piperidine rings is 1. The van der Waals surface area contributed by atoms with Gasteiger partial charge in [0.2, 0.25) is 5.91 Å². The molecule has 9 nitrogen and oxygen atoms in total. The van der Waals surface area contributed by atoms with Gasteiger partial charge in [-0.15, -0.1) is 0 Å². The number of carbonyl (C=O) groups excluding carboxylic acids is 3. The summed E-state index contributed by atoms with van der Waals surface area (Å²) in [7, 11) is 0. The average Bonchev–Trinajstić information content (AvgIpc) is 3.20. The van der Waals surface area contributed by atoms with Crippen molar-refractivity contribution in [3.63, 3.8) is 0 Å². The van der Waals surface area contributed by atoms with Crippen LogP contribution in [0, 0.1) is 0 Å². The summed E-state index contributed by atoms with van der Waals surface area (Å²) in [6, 6.07) is 10.2. The Balaban J connectivity index is 1.30. The highest BCUT2D eigenvalue weighted by Gasteiger charge is 2.26. The number of likely N-dealkylation sites (tertiary alicyclic amines) is 1. The lowest BCUT2D eigenvalue weighted by atomic mass is 10.0. The molecule has 3 N–H and O–H groups in total. The third-order valence-corrected chi connectivity index (χ3v) is 6.67. The van der Waals surface area contributed by atoms with Gasteiger partial charge < -0.3 is 15.5 Å². The fraction of sp³-hybridized carbons (Fsp3) is 0.261. The highest BCUT2D eigenvalue weighted by atomic mass is 79.9. The first-order valence-corrected chi connectivity index (χ1v) is 11.9. The Labute approximate surface area is 209 Å². The number of amides is 3. The van der Waals surface area contributed by atoms with Crippen molar-refractivity contribution in [3.05, 3.63) is 75.1 Å². The minimum atomic E-state index is -0.437. The molecule has 2 aromatic heterocycles. The third kappa shape index (κ3) is 5.63. The summed E-state index contributed by atoms with van der Waals surface area (Å²) in [5.41, 5.74) is 1.43. The molecule has 3 amide bonds. The molecule has 0 bridgehead atoms. The molecule has 1 aliphatic rings. The summed E-state index contributed by atoms with van der Waals surface area (Å²) >= 11 is 9.40. The number of hydrogen-bond acceptors (Lipinski definition) is 5. The van der Waals surface area contributed by atoms with Crippen LogP contribution in [-0.4, -0.2) is 56.9 Å². The average molecular weight is 546 g/mol. The van der Waals surface area contributed by atoms with Gasteiger partial charge in [0.05, 0.1) is 21.5 Å². The van der Waals surface area contributed by atoms with Gasteiger partial charge in [0.1, 0.15) is 5.69 Å². The molecule has 3 heterocycles. The van der Waals surface area contributed by atoms with Crippen LogP contribution in [0.15, 0.2) is 53.3 Å². The van der Waals surface area contributed by atoms with E-state index in [4.69, 9.17) is 11.6 Å². The van der Waals surface area contributed by atoms with E-state index in [-0.39, 0.29) is 29.4 Å². The predicted octanol–water partition coefficient (Wildman–Crippen LogP) is 3.44. The molecule has 0 aliphatic carbocycles. The van der Waals surface area contributed by atoms with Gasteiger partial charge in [0.15, 0.2) is 5.82 Å². The van der Waals surface area contributed by atoms with Crippen LogP contribution in [0.4, 0.5) is 5.82 Å². The highest BCUT2D eigenvalue weighted by molar-refractivity contribution is 9.10. The summed E-state index contributed by atoms with van der Waals surface area (Å²) in [5.74, 6) is -0.537. The minimum Gasteiger partial charge on any atom is -0.348 e. The Morgan fingerprint density at radius 2 is 1.79 bits per heavy atom. The SMILES string of the molecule is O=C(Nc1n[nH]c(C(=O)NC2CCN(C(=O)Cc3ccncc3)CC2)c1Br)c1ccccc1Cl. The van der Waals surface area contributed by atoms with Gasteiger partial charge >= 0.3 is 0 Å². The number of halogens is 2. The molecule has 11 heteroatoms. The van der Waals surface area contributed by atoms with Gasteiger partial charge in [-0.25, -0.2) is 0 Å². The van der Waals surface area contributed by atoms with E-state index in [2.05, 4.69) is 41.7 Å². The van der Waals surface area contributed by atoms with Gasteiger partial charge in [-0.3, -0.25) is 24.5 Å². The van der Waals surface area contributed by atoms with E-state index in [1.807, 2.05) is 17.0 Å². The fourth-order valence-electron chi connectivity index (χ4n) is 3.70. The Morgan fingerprint density at radius 3 is 2.50 bits per heavy atom. The topological polar surface area (TPSA) is 120 Å². The molecule has 0 unspecified atom stereocenters. The molecule has 4 rings (SSSR count). The lowest BCUT2D eigenvalue weighted by molar-refractivity contribution is -0.131. The second-order valence-electron chi connectivity index (χ2n) is 7.86. The smallest absolute Gasteiger partial charge is 0.270 e. The second kappa shape index (κ2) is 10.8. The number of aromatic nitrogens is 3. The summed E-state index contributed by atoms with van der Waals surface area (Å²) < 4.78 is 0.343. The molecule has 0 saturated carbocycles. The van der Waals surface area contributed by atoms with Crippen LogP contribution in [0.1, 0.15) is 39.3 Å². The largest absolute Gasteiger partial charge is 0.348 e. The zero-order valence-electron chi connectivity index (χ0n) is 18.1. The molecule has 1 saturated heterocycles. The summed E-state index contributed by atoms with van der Waals surface area (Å²) in [6.07, 6.45) is 4.98. The zero-order chi connectivity index (χ0) is 24.1. The zero-order valence-corrected chi connectivity index (χ0v) is 20.4. The molecule has 34 heavy (non-hydrogen) atoms.